The van der Waals surface area contributed by atoms with E-state index in [4.69, 9.17) is 15.1 Å². The van der Waals surface area contributed by atoms with Gasteiger partial charge in [-0.25, -0.2) is 9.97 Å². The van der Waals surface area contributed by atoms with Crippen molar-refractivity contribution in [2.75, 3.05) is 6.61 Å². The summed E-state index contributed by atoms with van der Waals surface area (Å²) in [5.41, 5.74) is 4.46. The van der Waals surface area contributed by atoms with Crippen molar-refractivity contribution in [1.82, 2.24) is 14.5 Å². The molecule has 0 amide bonds. The Morgan fingerprint density at radius 3 is 2.43 bits per heavy atom. The quantitative estimate of drug-likeness (QED) is 0.607. The van der Waals surface area contributed by atoms with Crippen LogP contribution in [-0.2, 0) is 6.54 Å². The number of aromatic nitrogens is 3. The van der Waals surface area contributed by atoms with Gasteiger partial charge < -0.3 is 14.8 Å². The van der Waals surface area contributed by atoms with E-state index in [0.717, 1.165) is 33.1 Å². The molecule has 0 aliphatic heterocycles. The first-order valence-electron chi connectivity index (χ1n) is 7.70. The minimum atomic E-state index is -0.723. The Bertz CT molecular complexity index is 993. The molecule has 0 aliphatic carbocycles. The van der Waals surface area contributed by atoms with Crippen molar-refractivity contribution in [3.63, 3.8) is 0 Å². The van der Waals surface area contributed by atoms with Gasteiger partial charge in [0.15, 0.2) is 5.65 Å². The van der Waals surface area contributed by atoms with Gasteiger partial charge in [-0.2, -0.15) is 0 Å². The molecule has 2 aromatic heterocycles. The van der Waals surface area contributed by atoms with E-state index in [1.807, 2.05) is 48.5 Å². The maximum Gasteiger partial charge on any atom is 0.160 e. The summed E-state index contributed by atoms with van der Waals surface area (Å²) in [5.74, 6) is 0. The number of fused-ring (bicyclic) bond motifs is 4. The third-order valence-electron chi connectivity index (χ3n) is 4.15. The molecular weight excluding hydrogens is 290 g/mol. The molecule has 0 bridgehead atoms. The third-order valence-corrected chi connectivity index (χ3v) is 4.15. The molecule has 0 spiro atoms. The molecule has 1 atom stereocenters. The van der Waals surface area contributed by atoms with Gasteiger partial charge in [0.25, 0.3) is 0 Å². The zero-order valence-electron chi connectivity index (χ0n) is 12.6. The second kappa shape index (κ2) is 5.61. The van der Waals surface area contributed by atoms with Crippen LogP contribution in [0.4, 0.5) is 0 Å². The van der Waals surface area contributed by atoms with E-state index in [2.05, 4.69) is 4.57 Å². The Morgan fingerprint density at radius 1 is 0.957 bits per heavy atom. The van der Waals surface area contributed by atoms with Crippen molar-refractivity contribution in [1.29, 1.82) is 0 Å². The van der Waals surface area contributed by atoms with Crippen LogP contribution in [0.3, 0.4) is 0 Å². The number of aliphatic hydroxyl groups excluding tert-OH is 2. The van der Waals surface area contributed by atoms with Crippen molar-refractivity contribution < 1.29 is 10.2 Å². The number of nitrogens with zero attached hydrogens (tertiary/aromatic N) is 3. The molecule has 116 valence electrons. The van der Waals surface area contributed by atoms with E-state index in [1.54, 1.807) is 0 Å². The normalized spacial score (nSPS) is 13.1. The summed E-state index contributed by atoms with van der Waals surface area (Å²) >= 11 is 0. The number of aliphatic hydroxyl groups is 2. The highest BCUT2D eigenvalue weighted by Crippen LogP contribution is 2.28. The molecule has 2 heterocycles. The maximum absolute atomic E-state index is 9.67. The maximum atomic E-state index is 9.67. The average Bonchev–Trinajstić information content (AvgIpc) is 2.90. The van der Waals surface area contributed by atoms with E-state index in [0.29, 0.717) is 13.0 Å². The zero-order valence-corrected chi connectivity index (χ0v) is 12.6. The van der Waals surface area contributed by atoms with Crippen LogP contribution in [0.15, 0.2) is 48.5 Å². The molecule has 4 aromatic rings. The lowest BCUT2D eigenvalue weighted by molar-refractivity contribution is 0.0851. The highest BCUT2D eigenvalue weighted by atomic mass is 16.3. The Kier molecular flexibility index (Phi) is 3.44. The summed E-state index contributed by atoms with van der Waals surface area (Å²) in [4.78, 5) is 9.55. The topological polar surface area (TPSA) is 71.2 Å². The Hall–Kier alpha value is -2.50. The van der Waals surface area contributed by atoms with Crippen molar-refractivity contribution in [3.8, 4) is 0 Å². The van der Waals surface area contributed by atoms with Crippen LogP contribution in [0.25, 0.3) is 33.1 Å². The first-order valence-corrected chi connectivity index (χ1v) is 7.70. The van der Waals surface area contributed by atoms with E-state index >= 15 is 0 Å². The van der Waals surface area contributed by atoms with Crippen LogP contribution < -0.4 is 0 Å². The van der Waals surface area contributed by atoms with Crippen LogP contribution >= 0.6 is 0 Å². The largest absolute Gasteiger partial charge is 0.394 e. The number of para-hydroxylation sites is 3. The van der Waals surface area contributed by atoms with E-state index < -0.39 is 6.10 Å². The van der Waals surface area contributed by atoms with Crippen molar-refractivity contribution in [3.05, 3.63) is 48.5 Å². The van der Waals surface area contributed by atoms with Crippen LogP contribution in [0.5, 0.6) is 0 Å². The van der Waals surface area contributed by atoms with Gasteiger partial charge in [-0.05, 0) is 24.6 Å². The van der Waals surface area contributed by atoms with Crippen LogP contribution in [0.2, 0.25) is 0 Å². The summed E-state index contributed by atoms with van der Waals surface area (Å²) in [6, 6.07) is 15.9. The Labute approximate surface area is 132 Å². The molecular formula is C18H17N3O2. The van der Waals surface area contributed by atoms with Crippen molar-refractivity contribution in [2.45, 2.75) is 19.1 Å². The van der Waals surface area contributed by atoms with Gasteiger partial charge in [-0.3, -0.25) is 0 Å². The van der Waals surface area contributed by atoms with Crippen molar-refractivity contribution in [2.24, 2.45) is 0 Å². The second-order valence-corrected chi connectivity index (χ2v) is 5.68. The van der Waals surface area contributed by atoms with Gasteiger partial charge in [0.1, 0.15) is 5.52 Å². The molecule has 2 aromatic carbocycles. The summed E-state index contributed by atoms with van der Waals surface area (Å²) in [7, 11) is 0. The first kappa shape index (κ1) is 14.1. The fraction of sp³-hybridized carbons (Fsp3) is 0.222. The van der Waals surface area contributed by atoms with E-state index in [1.165, 1.54) is 0 Å². The summed E-state index contributed by atoms with van der Waals surface area (Å²) in [6.07, 6.45) is -0.252. The van der Waals surface area contributed by atoms with E-state index in [9.17, 15) is 5.11 Å². The monoisotopic (exact) mass is 307 g/mol. The highest BCUT2D eigenvalue weighted by molar-refractivity contribution is 6.06. The summed E-state index contributed by atoms with van der Waals surface area (Å²) in [6.45, 7) is 0.352. The number of hydrogen-bond acceptors (Lipinski definition) is 4. The lowest BCUT2D eigenvalue weighted by Gasteiger charge is -2.10. The minimum Gasteiger partial charge on any atom is -0.394 e. The number of rotatable bonds is 4. The predicted molar refractivity (Wildman–Crippen MR) is 90.2 cm³/mol. The average molecular weight is 307 g/mol. The van der Waals surface area contributed by atoms with Gasteiger partial charge in [-0.1, -0.05) is 30.3 Å². The van der Waals surface area contributed by atoms with Crippen molar-refractivity contribution >= 4 is 33.1 Å². The molecule has 2 N–H and O–H groups in total. The van der Waals surface area contributed by atoms with Crippen LogP contribution in [0.1, 0.15) is 6.42 Å². The van der Waals surface area contributed by atoms with Gasteiger partial charge in [0.2, 0.25) is 0 Å². The molecule has 0 saturated heterocycles. The molecule has 5 heteroatoms. The van der Waals surface area contributed by atoms with Gasteiger partial charge >= 0.3 is 0 Å². The first-order chi connectivity index (χ1) is 11.3. The fourth-order valence-electron chi connectivity index (χ4n) is 2.98. The number of aryl methyl sites for hydroxylation is 1. The van der Waals surface area contributed by atoms with Gasteiger partial charge in [0, 0.05) is 11.9 Å². The van der Waals surface area contributed by atoms with E-state index in [-0.39, 0.29) is 6.61 Å². The molecule has 5 nitrogen and oxygen atoms in total. The minimum absolute atomic E-state index is 0.230. The predicted octanol–water partition coefficient (Wildman–Crippen LogP) is 2.48. The molecule has 0 fully saturated rings. The summed E-state index contributed by atoms with van der Waals surface area (Å²) in [5, 5.41) is 19.8. The number of benzene rings is 2. The van der Waals surface area contributed by atoms with Crippen LogP contribution in [-0.4, -0.2) is 37.5 Å². The molecule has 0 radical (unpaired) electrons. The summed E-state index contributed by atoms with van der Waals surface area (Å²) < 4.78 is 2.07. The van der Waals surface area contributed by atoms with Gasteiger partial charge in [-0.15, -0.1) is 0 Å². The standard InChI is InChI=1S/C18H17N3O2/c22-11-12(23)9-10-21-16-8-4-1-5-13(16)17-18(21)20-15-7-3-2-6-14(15)19-17/h1-8,12,22-23H,9-11H2/t12-/m0/s1. The van der Waals surface area contributed by atoms with Gasteiger partial charge in [0.05, 0.1) is 29.3 Å². The lowest BCUT2D eigenvalue weighted by atomic mass is 10.2. The Morgan fingerprint density at radius 2 is 1.65 bits per heavy atom. The molecule has 4 rings (SSSR count). The second-order valence-electron chi connectivity index (χ2n) is 5.68. The molecule has 0 aliphatic rings. The Balaban J connectivity index is 1.98. The molecule has 23 heavy (non-hydrogen) atoms. The number of hydrogen-bond donors (Lipinski definition) is 2. The lowest BCUT2D eigenvalue weighted by Crippen LogP contribution is -2.15. The molecule has 0 unspecified atom stereocenters. The molecule has 0 saturated carbocycles. The van der Waals surface area contributed by atoms with Crippen LogP contribution in [0, 0.1) is 0 Å². The third kappa shape index (κ3) is 2.34. The zero-order chi connectivity index (χ0) is 15.8. The smallest absolute Gasteiger partial charge is 0.160 e. The highest BCUT2D eigenvalue weighted by Gasteiger charge is 2.14. The SMILES string of the molecule is OC[C@@H](O)CCn1c2ccccc2c2nc3ccccc3nc21. The fourth-order valence-corrected chi connectivity index (χ4v) is 2.98.